The summed E-state index contributed by atoms with van der Waals surface area (Å²) in [5.41, 5.74) is 2.61. The minimum Gasteiger partial charge on any atom is -0.485 e. The maximum absolute atomic E-state index is 12.9. The lowest BCUT2D eigenvalue weighted by atomic mass is 9.95. The molecule has 36 heavy (non-hydrogen) atoms. The summed E-state index contributed by atoms with van der Waals surface area (Å²) in [6.45, 7) is 8.61. The fraction of sp³-hybridized carbons (Fsp3) is 0.462. The van der Waals surface area contributed by atoms with Crippen molar-refractivity contribution in [1.82, 2.24) is 14.8 Å². The van der Waals surface area contributed by atoms with Crippen molar-refractivity contribution in [2.75, 3.05) is 11.1 Å². The number of amides is 1. The molecule has 0 unspecified atom stereocenters. The molecule has 192 valence electrons. The predicted octanol–water partition coefficient (Wildman–Crippen LogP) is 5.42. The van der Waals surface area contributed by atoms with Gasteiger partial charge in [0.05, 0.1) is 17.4 Å². The molecule has 10 heteroatoms. The van der Waals surface area contributed by atoms with Crippen molar-refractivity contribution in [3.05, 3.63) is 51.7 Å². The lowest BCUT2D eigenvalue weighted by Crippen LogP contribution is -2.19. The van der Waals surface area contributed by atoms with Crippen molar-refractivity contribution in [3.8, 4) is 5.75 Å². The number of carbonyl (C=O) groups excluding carboxylic acids is 2. The lowest BCUT2D eigenvalue weighted by molar-refractivity contribution is -0.113. The van der Waals surface area contributed by atoms with E-state index in [-0.39, 0.29) is 23.7 Å². The number of hydrogen-bond acceptors (Lipinski definition) is 8. The molecule has 1 aromatic carbocycles. The summed E-state index contributed by atoms with van der Waals surface area (Å²) in [6.07, 6.45) is 3.68. The Bertz CT molecular complexity index is 1230. The average Bonchev–Trinajstić information content (AvgIpc) is 3.41. The number of para-hydroxylation sites is 1. The Morgan fingerprint density at radius 2 is 1.97 bits per heavy atom. The van der Waals surface area contributed by atoms with Crippen LogP contribution in [0.25, 0.3) is 0 Å². The van der Waals surface area contributed by atoms with Crippen LogP contribution < -0.4 is 10.1 Å². The second-order valence-corrected chi connectivity index (χ2v) is 11.0. The molecule has 2 heterocycles. The standard InChI is InChI=1S/C26H32N4O4S2/c1-5-30-21(14-33-19-12-8-6-10-17(19)4)28-29-26(30)35-15-22(31)27-24-23(25(32)34-16(2)3)18-11-7-9-13-20(18)36-24/h6,8,10,12,16H,5,7,9,11,13-15H2,1-4H3,(H,27,31). The molecular formula is C26H32N4O4S2. The Morgan fingerprint density at radius 3 is 2.72 bits per heavy atom. The third-order valence-corrected chi connectivity index (χ3v) is 8.04. The zero-order chi connectivity index (χ0) is 25.7. The molecule has 0 atom stereocenters. The number of thiophene rings is 1. The number of aryl methyl sites for hydroxylation is 2. The Morgan fingerprint density at radius 1 is 1.19 bits per heavy atom. The van der Waals surface area contributed by atoms with Gasteiger partial charge in [0.2, 0.25) is 5.91 Å². The van der Waals surface area contributed by atoms with E-state index in [0.29, 0.717) is 34.7 Å². The van der Waals surface area contributed by atoms with E-state index >= 15 is 0 Å². The first-order chi connectivity index (χ1) is 17.4. The van der Waals surface area contributed by atoms with Crippen molar-refractivity contribution in [3.63, 3.8) is 0 Å². The molecule has 0 spiro atoms. The minimum absolute atomic E-state index is 0.151. The van der Waals surface area contributed by atoms with E-state index in [1.54, 1.807) is 0 Å². The molecule has 0 fully saturated rings. The van der Waals surface area contributed by atoms with Crippen LogP contribution in [0, 0.1) is 6.92 Å². The first-order valence-electron chi connectivity index (χ1n) is 12.3. The average molecular weight is 529 g/mol. The fourth-order valence-corrected chi connectivity index (χ4v) is 6.26. The number of thioether (sulfide) groups is 1. The van der Waals surface area contributed by atoms with Gasteiger partial charge in [-0.1, -0.05) is 30.0 Å². The van der Waals surface area contributed by atoms with Gasteiger partial charge in [0.15, 0.2) is 11.0 Å². The number of nitrogens with zero attached hydrogens (tertiary/aromatic N) is 3. The van der Waals surface area contributed by atoms with E-state index in [1.165, 1.54) is 28.0 Å². The second kappa shape index (κ2) is 11.9. The highest BCUT2D eigenvalue weighted by molar-refractivity contribution is 7.99. The molecule has 4 rings (SSSR count). The molecule has 1 aliphatic rings. The summed E-state index contributed by atoms with van der Waals surface area (Å²) in [7, 11) is 0. The summed E-state index contributed by atoms with van der Waals surface area (Å²) in [6, 6.07) is 7.83. The molecule has 1 amide bonds. The summed E-state index contributed by atoms with van der Waals surface area (Å²) in [5, 5.41) is 12.8. The van der Waals surface area contributed by atoms with Crippen molar-refractivity contribution in [2.45, 2.75) is 77.8 Å². The molecule has 8 nitrogen and oxygen atoms in total. The Labute approximate surface area is 219 Å². The zero-order valence-electron chi connectivity index (χ0n) is 21.1. The SMILES string of the molecule is CCn1c(COc2ccccc2C)nnc1SCC(=O)Nc1sc2c(c1C(=O)OC(C)C)CCCC2. The summed E-state index contributed by atoms with van der Waals surface area (Å²) in [4.78, 5) is 26.9. The Kier molecular flexibility index (Phi) is 8.68. The number of rotatable bonds is 10. The van der Waals surface area contributed by atoms with Gasteiger partial charge >= 0.3 is 5.97 Å². The van der Waals surface area contributed by atoms with Crippen molar-refractivity contribution < 1.29 is 19.1 Å². The number of aromatic nitrogens is 3. The van der Waals surface area contributed by atoms with Gasteiger partial charge in [-0.05, 0) is 70.6 Å². The number of ether oxygens (including phenoxy) is 2. The molecule has 1 aliphatic carbocycles. The highest BCUT2D eigenvalue weighted by Crippen LogP contribution is 2.39. The van der Waals surface area contributed by atoms with Gasteiger partial charge in [0.1, 0.15) is 17.4 Å². The van der Waals surface area contributed by atoms with Crippen LogP contribution in [0.4, 0.5) is 5.00 Å². The molecule has 0 bridgehead atoms. The maximum atomic E-state index is 12.9. The third kappa shape index (κ3) is 6.10. The summed E-state index contributed by atoms with van der Waals surface area (Å²) >= 11 is 2.81. The highest BCUT2D eigenvalue weighted by Gasteiger charge is 2.28. The quantitative estimate of drug-likeness (QED) is 0.277. The molecule has 0 aliphatic heterocycles. The largest absolute Gasteiger partial charge is 0.485 e. The highest BCUT2D eigenvalue weighted by atomic mass is 32.2. The molecule has 0 radical (unpaired) electrons. The number of benzene rings is 1. The first-order valence-corrected chi connectivity index (χ1v) is 14.1. The molecule has 2 aromatic heterocycles. The number of anilines is 1. The first kappa shape index (κ1) is 26.2. The van der Waals surface area contributed by atoms with Crippen molar-refractivity contribution >= 4 is 40.0 Å². The van der Waals surface area contributed by atoms with E-state index in [1.807, 2.05) is 56.5 Å². The third-order valence-electron chi connectivity index (χ3n) is 5.86. The van der Waals surface area contributed by atoms with Crippen LogP contribution in [0.2, 0.25) is 0 Å². The topological polar surface area (TPSA) is 95.3 Å². The Balaban J connectivity index is 1.41. The number of nitrogens with one attached hydrogen (secondary N) is 1. The van der Waals surface area contributed by atoms with Crippen LogP contribution in [0.5, 0.6) is 5.75 Å². The Hall–Kier alpha value is -2.85. The van der Waals surface area contributed by atoms with Crippen molar-refractivity contribution in [2.24, 2.45) is 0 Å². The zero-order valence-corrected chi connectivity index (χ0v) is 22.8. The number of esters is 1. The van der Waals surface area contributed by atoms with Gasteiger partial charge in [0, 0.05) is 11.4 Å². The van der Waals surface area contributed by atoms with Gasteiger partial charge in [0.25, 0.3) is 0 Å². The number of fused-ring (bicyclic) bond motifs is 1. The van der Waals surface area contributed by atoms with Crippen LogP contribution in [0.1, 0.15) is 65.8 Å². The van der Waals surface area contributed by atoms with E-state index in [2.05, 4.69) is 15.5 Å². The number of hydrogen-bond donors (Lipinski definition) is 1. The summed E-state index contributed by atoms with van der Waals surface area (Å²) < 4.78 is 13.4. The van der Waals surface area contributed by atoms with Crippen LogP contribution in [-0.4, -0.2) is 38.5 Å². The van der Waals surface area contributed by atoms with Crippen LogP contribution >= 0.6 is 23.1 Å². The van der Waals surface area contributed by atoms with Gasteiger partial charge in [-0.2, -0.15) is 0 Å². The monoisotopic (exact) mass is 528 g/mol. The van der Waals surface area contributed by atoms with E-state index in [4.69, 9.17) is 9.47 Å². The smallest absolute Gasteiger partial charge is 0.341 e. The second-order valence-electron chi connectivity index (χ2n) is 8.90. The predicted molar refractivity (Wildman–Crippen MR) is 142 cm³/mol. The molecule has 0 saturated carbocycles. The van der Waals surface area contributed by atoms with Crippen LogP contribution in [0.15, 0.2) is 29.4 Å². The van der Waals surface area contributed by atoms with E-state index in [0.717, 1.165) is 42.6 Å². The van der Waals surface area contributed by atoms with Crippen LogP contribution in [-0.2, 0) is 35.5 Å². The van der Waals surface area contributed by atoms with Gasteiger partial charge in [-0.3, -0.25) is 4.79 Å². The molecular weight excluding hydrogens is 496 g/mol. The van der Waals surface area contributed by atoms with Crippen molar-refractivity contribution in [1.29, 1.82) is 0 Å². The van der Waals surface area contributed by atoms with Gasteiger partial charge in [-0.15, -0.1) is 21.5 Å². The van der Waals surface area contributed by atoms with Gasteiger partial charge < -0.3 is 19.4 Å². The fourth-order valence-electron chi connectivity index (χ4n) is 4.15. The van der Waals surface area contributed by atoms with E-state index in [9.17, 15) is 9.59 Å². The molecule has 1 N–H and O–H groups in total. The van der Waals surface area contributed by atoms with E-state index < -0.39 is 0 Å². The molecule has 0 saturated heterocycles. The van der Waals surface area contributed by atoms with Gasteiger partial charge in [-0.25, -0.2) is 4.79 Å². The van der Waals surface area contributed by atoms with Crippen LogP contribution in [0.3, 0.4) is 0 Å². The molecule has 3 aromatic rings. The number of carbonyl (C=O) groups is 2. The summed E-state index contributed by atoms with van der Waals surface area (Å²) in [5.74, 6) is 1.10. The lowest BCUT2D eigenvalue weighted by Gasteiger charge is -2.14. The minimum atomic E-state index is -0.364. The maximum Gasteiger partial charge on any atom is 0.341 e. The normalized spacial score (nSPS) is 12.9.